The van der Waals surface area contributed by atoms with Crippen molar-refractivity contribution in [3.05, 3.63) is 29.8 Å². The Labute approximate surface area is 121 Å². The van der Waals surface area contributed by atoms with Crippen LogP contribution in [-0.4, -0.2) is 35.7 Å². The molecule has 0 amide bonds. The molecule has 4 nitrogen and oxygen atoms in total. The second-order valence-electron chi connectivity index (χ2n) is 5.40. The topological polar surface area (TPSA) is 49.8 Å². The summed E-state index contributed by atoms with van der Waals surface area (Å²) in [4.78, 5) is 12.6. The lowest BCUT2D eigenvalue weighted by Crippen LogP contribution is -2.19. The maximum atomic E-state index is 10.4. The zero-order valence-electron chi connectivity index (χ0n) is 12.6. The van der Waals surface area contributed by atoms with E-state index >= 15 is 0 Å². The van der Waals surface area contributed by atoms with Crippen molar-refractivity contribution in [1.82, 2.24) is 4.90 Å². The predicted octanol–water partition coefficient (Wildman–Crippen LogP) is 3.16. The lowest BCUT2D eigenvalue weighted by Gasteiger charge is -2.17. The van der Waals surface area contributed by atoms with Crippen LogP contribution >= 0.6 is 0 Å². The van der Waals surface area contributed by atoms with E-state index in [0.717, 1.165) is 31.7 Å². The maximum Gasteiger partial charge on any atom is 0.303 e. The molecule has 0 atom stereocenters. The molecule has 0 fully saturated rings. The fourth-order valence-electron chi connectivity index (χ4n) is 2.04. The van der Waals surface area contributed by atoms with Crippen LogP contribution in [0, 0.1) is 0 Å². The number of rotatable bonds is 9. The summed E-state index contributed by atoms with van der Waals surface area (Å²) in [6.07, 6.45) is 2.08. The number of nitrogens with zero attached hydrogens (tertiary/aromatic N) is 1. The van der Waals surface area contributed by atoms with Gasteiger partial charge in [-0.25, -0.2) is 0 Å². The predicted molar refractivity (Wildman–Crippen MR) is 80.0 cm³/mol. The van der Waals surface area contributed by atoms with Crippen molar-refractivity contribution in [2.24, 2.45) is 0 Å². The second kappa shape index (κ2) is 8.59. The Hall–Kier alpha value is -1.55. The van der Waals surface area contributed by atoms with Crippen LogP contribution in [-0.2, 0) is 11.3 Å². The van der Waals surface area contributed by atoms with Gasteiger partial charge in [-0.05, 0) is 58.0 Å². The molecule has 1 aromatic rings. The Balaban J connectivity index is 2.37. The number of unbranched alkanes of at least 4 members (excludes halogenated alkanes) is 1. The van der Waals surface area contributed by atoms with Gasteiger partial charge in [-0.2, -0.15) is 0 Å². The van der Waals surface area contributed by atoms with E-state index in [-0.39, 0.29) is 12.5 Å². The van der Waals surface area contributed by atoms with Crippen LogP contribution in [0.1, 0.15) is 38.7 Å². The van der Waals surface area contributed by atoms with Crippen molar-refractivity contribution < 1.29 is 14.6 Å². The molecule has 0 saturated carbocycles. The van der Waals surface area contributed by atoms with Gasteiger partial charge in [-0.1, -0.05) is 12.1 Å². The minimum absolute atomic E-state index is 0.180. The maximum absolute atomic E-state index is 10.4. The number of hydrogen-bond donors (Lipinski definition) is 1. The van der Waals surface area contributed by atoms with Crippen LogP contribution in [0.25, 0.3) is 0 Å². The molecule has 0 radical (unpaired) electrons. The quantitative estimate of drug-likeness (QED) is 0.705. The average molecular weight is 279 g/mol. The van der Waals surface area contributed by atoms with Crippen molar-refractivity contribution in [2.75, 3.05) is 13.6 Å². The van der Waals surface area contributed by atoms with Crippen LogP contribution in [0.3, 0.4) is 0 Å². The molecule has 1 rings (SSSR count). The Kier molecular flexibility index (Phi) is 7.09. The first-order valence-electron chi connectivity index (χ1n) is 7.13. The van der Waals surface area contributed by atoms with E-state index in [2.05, 4.69) is 24.1 Å². The minimum atomic E-state index is -0.716. The number of carbonyl (C=O) groups is 1. The van der Waals surface area contributed by atoms with Crippen LogP contribution in [0.2, 0.25) is 0 Å². The Morgan fingerprint density at radius 1 is 1.35 bits per heavy atom. The summed E-state index contributed by atoms with van der Waals surface area (Å²) in [6, 6.07) is 8.12. The average Bonchev–Trinajstić information content (AvgIpc) is 2.34. The highest BCUT2D eigenvalue weighted by atomic mass is 16.5. The van der Waals surface area contributed by atoms with E-state index < -0.39 is 5.97 Å². The van der Waals surface area contributed by atoms with Gasteiger partial charge in [0, 0.05) is 13.0 Å². The van der Waals surface area contributed by atoms with Crippen molar-refractivity contribution >= 4 is 5.97 Å². The van der Waals surface area contributed by atoms with Crippen LogP contribution in [0.15, 0.2) is 24.3 Å². The molecule has 4 heteroatoms. The summed E-state index contributed by atoms with van der Waals surface area (Å²) in [5.74, 6) is 0.183. The molecule has 1 aromatic carbocycles. The fraction of sp³-hybridized carbons (Fsp3) is 0.562. The van der Waals surface area contributed by atoms with E-state index in [9.17, 15) is 4.79 Å². The molecule has 0 unspecified atom stereocenters. The second-order valence-corrected chi connectivity index (χ2v) is 5.40. The van der Waals surface area contributed by atoms with Gasteiger partial charge in [0.2, 0.25) is 0 Å². The highest BCUT2D eigenvalue weighted by Gasteiger charge is 2.04. The first kappa shape index (κ1) is 16.5. The first-order valence-corrected chi connectivity index (χ1v) is 7.13. The van der Waals surface area contributed by atoms with Gasteiger partial charge >= 0.3 is 5.97 Å². The monoisotopic (exact) mass is 279 g/mol. The molecular weight excluding hydrogens is 254 g/mol. The standard InChI is InChI=1S/C16H25NO3/c1-13(2)20-15-8-6-7-14(11-15)12-17(3)10-5-4-9-16(18)19/h6-8,11,13H,4-5,9-10,12H2,1-3H3,(H,18,19). The molecule has 0 aliphatic carbocycles. The van der Waals surface area contributed by atoms with Gasteiger partial charge in [0.15, 0.2) is 0 Å². The third-order valence-corrected chi connectivity index (χ3v) is 2.90. The normalized spacial score (nSPS) is 11.1. The van der Waals surface area contributed by atoms with Gasteiger partial charge < -0.3 is 14.7 Å². The van der Waals surface area contributed by atoms with E-state index in [1.165, 1.54) is 5.56 Å². The van der Waals surface area contributed by atoms with Crippen molar-refractivity contribution in [1.29, 1.82) is 0 Å². The van der Waals surface area contributed by atoms with Crippen LogP contribution in [0.4, 0.5) is 0 Å². The Morgan fingerprint density at radius 3 is 2.75 bits per heavy atom. The van der Waals surface area contributed by atoms with Gasteiger partial charge in [-0.3, -0.25) is 4.79 Å². The van der Waals surface area contributed by atoms with Crippen molar-refractivity contribution in [3.8, 4) is 5.75 Å². The number of carboxylic acid groups (broad SMARTS) is 1. The summed E-state index contributed by atoms with van der Waals surface area (Å²) in [5.41, 5.74) is 1.21. The third-order valence-electron chi connectivity index (χ3n) is 2.90. The number of carboxylic acids is 1. The van der Waals surface area contributed by atoms with Crippen LogP contribution < -0.4 is 4.74 Å². The third kappa shape index (κ3) is 7.14. The molecule has 112 valence electrons. The summed E-state index contributed by atoms with van der Waals surface area (Å²) in [5, 5.41) is 8.59. The number of hydrogen-bond acceptors (Lipinski definition) is 3. The zero-order valence-corrected chi connectivity index (χ0v) is 12.6. The lowest BCUT2D eigenvalue weighted by molar-refractivity contribution is -0.137. The molecular formula is C16H25NO3. The summed E-state index contributed by atoms with van der Waals surface area (Å²) < 4.78 is 5.68. The van der Waals surface area contributed by atoms with Crippen molar-refractivity contribution in [2.45, 2.75) is 45.8 Å². The minimum Gasteiger partial charge on any atom is -0.491 e. The highest BCUT2D eigenvalue weighted by Crippen LogP contribution is 2.16. The smallest absolute Gasteiger partial charge is 0.303 e. The first-order chi connectivity index (χ1) is 9.47. The van der Waals surface area contributed by atoms with Gasteiger partial charge in [0.1, 0.15) is 5.75 Å². The molecule has 0 saturated heterocycles. The molecule has 0 bridgehead atoms. The number of benzene rings is 1. The Bertz CT molecular complexity index is 418. The molecule has 0 aliphatic rings. The van der Waals surface area contributed by atoms with E-state index in [1.807, 2.05) is 26.0 Å². The molecule has 0 aromatic heterocycles. The van der Waals surface area contributed by atoms with Gasteiger partial charge in [-0.15, -0.1) is 0 Å². The Morgan fingerprint density at radius 2 is 2.10 bits per heavy atom. The lowest BCUT2D eigenvalue weighted by atomic mass is 10.2. The molecule has 0 spiro atoms. The highest BCUT2D eigenvalue weighted by molar-refractivity contribution is 5.66. The van der Waals surface area contributed by atoms with E-state index in [4.69, 9.17) is 9.84 Å². The molecule has 20 heavy (non-hydrogen) atoms. The molecule has 0 aliphatic heterocycles. The van der Waals surface area contributed by atoms with Gasteiger partial charge in [0.05, 0.1) is 6.10 Å². The summed E-state index contributed by atoms with van der Waals surface area (Å²) in [7, 11) is 2.05. The summed E-state index contributed by atoms with van der Waals surface area (Å²) in [6.45, 7) is 5.79. The number of ether oxygens (including phenoxy) is 1. The summed E-state index contributed by atoms with van der Waals surface area (Å²) >= 11 is 0. The van der Waals surface area contributed by atoms with Crippen LogP contribution in [0.5, 0.6) is 5.75 Å². The number of aliphatic carboxylic acids is 1. The zero-order chi connectivity index (χ0) is 15.0. The SMILES string of the molecule is CC(C)Oc1cccc(CN(C)CCCCC(=O)O)c1. The largest absolute Gasteiger partial charge is 0.491 e. The van der Waals surface area contributed by atoms with Crippen molar-refractivity contribution in [3.63, 3.8) is 0 Å². The molecule has 1 N–H and O–H groups in total. The van der Waals surface area contributed by atoms with E-state index in [1.54, 1.807) is 0 Å². The van der Waals surface area contributed by atoms with E-state index in [0.29, 0.717) is 0 Å². The van der Waals surface area contributed by atoms with Gasteiger partial charge in [0.25, 0.3) is 0 Å². The molecule has 0 heterocycles. The fourth-order valence-corrected chi connectivity index (χ4v) is 2.04.